The predicted octanol–water partition coefficient (Wildman–Crippen LogP) is 3.26. The predicted molar refractivity (Wildman–Crippen MR) is 72.8 cm³/mol. The fourth-order valence-corrected chi connectivity index (χ4v) is 2.90. The molecule has 4 nitrogen and oxygen atoms in total. The Morgan fingerprint density at radius 3 is 2.71 bits per heavy atom. The first-order valence-electron chi connectivity index (χ1n) is 6.26. The molecule has 17 heavy (non-hydrogen) atoms. The van der Waals surface area contributed by atoms with Gasteiger partial charge in [-0.1, -0.05) is 6.92 Å². The summed E-state index contributed by atoms with van der Waals surface area (Å²) in [6.45, 7) is 6.22. The van der Waals surface area contributed by atoms with Gasteiger partial charge in [0.05, 0.1) is 6.10 Å². The molecule has 0 saturated heterocycles. The first-order chi connectivity index (χ1) is 8.06. The van der Waals surface area contributed by atoms with Crippen LogP contribution in [-0.2, 0) is 0 Å². The van der Waals surface area contributed by atoms with Gasteiger partial charge in [0.2, 0.25) is 0 Å². The Hall–Kier alpha value is -0.970. The van der Waals surface area contributed by atoms with Gasteiger partial charge in [-0.05, 0) is 51.1 Å². The lowest BCUT2D eigenvalue weighted by molar-refractivity contribution is 0.241. The summed E-state index contributed by atoms with van der Waals surface area (Å²) >= 11 is 1.40. The molecule has 0 spiro atoms. The van der Waals surface area contributed by atoms with Gasteiger partial charge >= 0.3 is 0 Å². The molecule has 0 aliphatic heterocycles. The minimum Gasteiger partial charge on any atom is -0.484 e. The molecule has 1 aliphatic carbocycles. The Bertz CT molecular complexity index is 380. The van der Waals surface area contributed by atoms with E-state index in [0.717, 1.165) is 17.2 Å². The number of nitrogens with two attached hydrogens (primary N) is 1. The van der Waals surface area contributed by atoms with Gasteiger partial charge in [0.25, 0.3) is 0 Å². The Balaban J connectivity index is 2.15. The molecule has 2 rings (SSSR count). The minimum atomic E-state index is 0.119. The lowest BCUT2D eigenvalue weighted by Crippen LogP contribution is -2.44. The van der Waals surface area contributed by atoms with Gasteiger partial charge in [-0.3, -0.25) is 0 Å². The van der Waals surface area contributed by atoms with E-state index in [2.05, 4.69) is 16.6 Å². The molecule has 0 unspecified atom stereocenters. The zero-order valence-corrected chi connectivity index (χ0v) is 11.6. The SMILES string of the molecule is CCC1(Nc2snc(N)c2OC(C)C)CCC1. The molecule has 0 atom stereocenters. The number of anilines is 2. The molecular weight excluding hydrogens is 234 g/mol. The quantitative estimate of drug-likeness (QED) is 0.848. The average molecular weight is 255 g/mol. The van der Waals surface area contributed by atoms with Gasteiger partial charge in [0, 0.05) is 5.54 Å². The Kier molecular flexibility index (Phi) is 3.47. The number of aromatic nitrogens is 1. The van der Waals surface area contributed by atoms with E-state index in [9.17, 15) is 0 Å². The lowest BCUT2D eigenvalue weighted by Gasteiger charge is -2.42. The van der Waals surface area contributed by atoms with E-state index in [1.165, 1.54) is 30.8 Å². The van der Waals surface area contributed by atoms with Gasteiger partial charge in [-0.15, -0.1) is 0 Å². The van der Waals surface area contributed by atoms with E-state index in [4.69, 9.17) is 10.5 Å². The third-order valence-corrected chi connectivity index (χ3v) is 4.15. The molecule has 0 amide bonds. The number of nitrogen functional groups attached to an aromatic ring is 1. The molecule has 1 aromatic heterocycles. The van der Waals surface area contributed by atoms with Crippen molar-refractivity contribution >= 4 is 22.4 Å². The number of nitrogens with zero attached hydrogens (tertiary/aromatic N) is 1. The standard InChI is InChI=1S/C12H21N3OS/c1-4-12(6-5-7-12)14-11-9(16-8(2)3)10(13)15-17-11/h8,14H,4-7H2,1-3H3,(H2,13,15). The molecule has 1 fully saturated rings. The topological polar surface area (TPSA) is 60.2 Å². The number of nitrogens with one attached hydrogen (secondary N) is 1. The van der Waals surface area contributed by atoms with Crippen LogP contribution < -0.4 is 15.8 Å². The van der Waals surface area contributed by atoms with Crippen LogP contribution in [0, 0.1) is 0 Å². The van der Waals surface area contributed by atoms with E-state index < -0.39 is 0 Å². The van der Waals surface area contributed by atoms with Gasteiger partial charge in [0.1, 0.15) is 0 Å². The summed E-state index contributed by atoms with van der Waals surface area (Å²) in [5.74, 6) is 1.22. The zero-order chi connectivity index (χ0) is 12.5. The van der Waals surface area contributed by atoms with Crippen LogP contribution >= 0.6 is 11.5 Å². The van der Waals surface area contributed by atoms with Crippen molar-refractivity contribution in [1.29, 1.82) is 0 Å². The van der Waals surface area contributed by atoms with Crippen LogP contribution in [0.4, 0.5) is 10.8 Å². The van der Waals surface area contributed by atoms with Crippen LogP contribution in [0.25, 0.3) is 0 Å². The summed E-state index contributed by atoms with van der Waals surface area (Å²) < 4.78 is 9.91. The van der Waals surface area contributed by atoms with Crippen LogP contribution in [0.5, 0.6) is 5.75 Å². The number of ether oxygens (including phenoxy) is 1. The number of rotatable bonds is 5. The molecule has 1 heterocycles. The van der Waals surface area contributed by atoms with E-state index in [0.29, 0.717) is 5.82 Å². The second kappa shape index (κ2) is 4.72. The largest absolute Gasteiger partial charge is 0.484 e. The number of hydrogen-bond acceptors (Lipinski definition) is 5. The Morgan fingerprint density at radius 1 is 1.53 bits per heavy atom. The highest BCUT2D eigenvalue weighted by Crippen LogP contribution is 2.43. The van der Waals surface area contributed by atoms with Crippen molar-refractivity contribution in [3.63, 3.8) is 0 Å². The third-order valence-electron chi connectivity index (χ3n) is 3.39. The van der Waals surface area contributed by atoms with Crippen LogP contribution in [0.15, 0.2) is 0 Å². The molecule has 0 bridgehead atoms. The van der Waals surface area contributed by atoms with E-state index >= 15 is 0 Å². The highest BCUT2D eigenvalue weighted by atomic mass is 32.1. The van der Waals surface area contributed by atoms with E-state index in [1.807, 2.05) is 13.8 Å². The summed E-state index contributed by atoms with van der Waals surface area (Å²) in [5.41, 5.74) is 6.09. The summed E-state index contributed by atoms with van der Waals surface area (Å²) in [6, 6.07) is 0. The summed E-state index contributed by atoms with van der Waals surface area (Å²) in [4.78, 5) is 0. The van der Waals surface area contributed by atoms with Crippen molar-refractivity contribution in [2.75, 3.05) is 11.1 Å². The maximum Gasteiger partial charge on any atom is 0.197 e. The third kappa shape index (κ3) is 2.49. The highest BCUT2D eigenvalue weighted by Gasteiger charge is 2.36. The maximum atomic E-state index is 5.84. The first kappa shape index (κ1) is 12.5. The summed E-state index contributed by atoms with van der Waals surface area (Å²) in [7, 11) is 0. The Morgan fingerprint density at radius 2 is 2.24 bits per heavy atom. The minimum absolute atomic E-state index is 0.119. The fourth-order valence-electron chi connectivity index (χ4n) is 2.13. The van der Waals surface area contributed by atoms with Crippen molar-refractivity contribution in [3.8, 4) is 5.75 Å². The first-order valence-corrected chi connectivity index (χ1v) is 7.03. The van der Waals surface area contributed by atoms with Crippen molar-refractivity contribution in [2.24, 2.45) is 0 Å². The van der Waals surface area contributed by atoms with Crippen molar-refractivity contribution in [2.45, 2.75) is 58.1 Å². The number of hydrogen-bond donors (Lipinski definition) is 2. The van der Waals surface area contributed by atoms with Crippen LogP contribution in [0.3, 0.4) is 0 Å². The maximum absolute atomic E-state index is 5.84. The van der Waals surface area contributed by atoms with Gasteiger partial charge in [0.15, 0.2) is 16.6 Å². The molecule has 1 aromatic rings. The average Bonchev–Trinajstić information content (AvgIpc) is 2.54. The van der Waals surface area contributed by atoms with Crippen molar-refractivity contribution in [3.05, 3.63) is 0 Å². The Labute approximate surface area is 107 Å². The zero-order valence-electron chi connectivity index (χ0n) is 10.7. The van der Waals surface area contributed by atoms with Crippen LogP contribution in [0.1, 0.15) is 46.5 Å². The van der Waals surface area contributed by atoms with Crippen LogP contribution in [-0.4, -0.2) is 16.0 Å². The van der Waals surface area contributed by atoms with Gasteiger partial charge < -0.3 is 15.8 Å². The van der Waals surface area contributed by atoms with Crippen molar-refractivity contribution in [1.82, 2.24) is 4.37 Å². The second-order valence-corrected chi connectivity index (χ2v) is 5.78. The monoisotopic (exact) mass is 255 g/mol. The highest BCUT2D eigenvalue weighted by molar-refractivity contribution is 7.11. The molecule has 5 heteroatoms. The summed E-state index contributed by atoms with van der Waals surface area (Å²) in [5, 5.41) is 4.57. The van der Waals surface area contributed by atoms with E-state index in [-0.39, 0.29) is 11.6 Å². The van der Waals surface area contributed by atoms with Gasteiger partial charge in [-0.2, -0.15) is 4.37 Å². The van der Waals surface area contributed by atoms with Crippen LogP contribution in [0.2, 0.25) is 0 Å². The smallest absolute Gasteiger partial charge is 0.197 e. The molecule has 3 N–H and O–H groups in total. The van der Waals surface area contributed by atoms with Crippen molar-refractivity contribution < 1.29 is 4.74 Å². The molecule has 96 valence electrons. The van der Waals surface area contributed by atoms with Gasteiger partial charge in [-0.25, -0.2) is 0 Å². The molecule has 0 aromatic carbocycles. The molecule has 0 radical (unpaired) electrons. The normalized spacial score (nSPS) is 17.9. The molecule has 1 aliphatic rings. The fraction of sp³-hybridized carbons (Fsp3) is 0.750. The lowest BCUT2D eigenvalue weighted by atomic mass is 9.75. The van der Waals surface area contributed by atoms with E-state index in [1.54, 1.807) is 0 Å². The molecular formula is C12H21N3OS. The summed E-state index contributed by atoms with van der Waals surface area (Å²) in [6.07, 6.45) is 5.00. The molecule has 1 saturated carbocycles. The second-order valence-electron chi connectivity index (χ2n) is 5.01.